The molecule has 5 heteroatoms. The Bertz CT molecular complexity index is 427. The number of hydrogen-bond acceptors (Lipinski definition) is 2. The Morgan fingerprint density at radius 3 is 2.35 bits per heavy atom. The molecule has 0 spiro atoms. The maximum absolute atomic E-state index is 12.6. The van der Waals surface area contributed by atoms with Crippen molar-refractivity contribution in [1.82, 2.24) is 0 Å². The van der Waals surface area contributed by atoms with E-state index in [0.717, 1.165) is 0 Å². The summed E-state index contributed by atoms with van der Waals surface area (Å²) in [6, 6.07) is 8.48. The van der Waals surface area contributed by atoms with Crippen LogP contribution in [0.5, 0.6) is 0 Å². The highest BCUT2D eigenvalue weighted by Crippen LogP contribution is 2.45. The molecule has 1 saturated heterocycles. The predicted molar refractivity (Wildman–Crippen MR) is 54.0 cm³/mol. The maximum Gasteiger partial charge on any atom is 0.402 e. The highest BCUT2D eigenvalue weighted by atomic mass is 19.4. The van der Waals surface area contributed by atoms with Crippen molar-refractivity contribution in [2.75, 3.05) is 0 Å². The summed E-state index contributed by atoms with van der Waals surface area (Å²) in [4.78, 5) is 11.3. The van der Waals surface area contributed by atoms with E-state index in [1.54, 1.807) is 30.3 Å². The summed E-state index contributed by atoms with van der Waals surface area (Å²) < 4.78 is 42.6. The molecule has 1 aliphatic rings. The number of ether oxygens (including phenoxy) is 1. The molecule has 1 aliphatic heterocycles. The lowest BCUT2D eigenvalue weighted by atomic mass is 9.89. The van der Waals surface area contributed by atoms with Crippen LogP contribution >= 0.6 is 0 Å². The number of benzene rings is 1. The average molecular weight is 244 g/mol. The van der Waals surface area contributed by atoms with Gasteiger partial charge in [0.05, 0.1) is 0 Å². The molecule has 0 bridgehead atoms. The minimum absolute atomic E-state index is 0.362. The molecule has 92 valence electrons. The third-order valence-corrected chi connectivity index (χ3v) is 2.98. The van der Waals surface area contributed by atoms with Crippen LogP contribution in [0.4, 0.5) is 13.2 Å². The SMILES string of the molecule is CC1(c2ccccc2)CC(C(F)(F)F)C(=O)O1. The van der Waals surface area contributed by atoms with E-state index in [1.807, 2.05) is 0 Å². The lowest BCUT2D eigenvalue weighted by Gasteiger charge is -2.23. The van der Waals surface area contributed by atoms with Gasteiger partial charge in [0.1, 0.15) is 5.60 Å². The smallest absolute Gasteiger partial charge is 0.402 e. The molecular weight excluding hydrogens is 233 g/mol. The van der Waals surface area contributed by atoms with Crippen molar-refractivity contribution in [3.63, 3.8) is 0 Å². The Balaban J connectivity index is 2.29. The molecule has 17 heavy (non-hydrogen) atoms. The monoisotopic (exact) mass is 244 g/mol. The zero-order chi connectivity index (χ0) is 12.7. The first kappa shape index (κ1) is 12.0. The molecule has 0 aromatic heterocycles. The Hall–Kier alpha value is -1.52. The van der Waals surface area contributed by atoms with Crippen molar-refractivity contribution in [1.29, 1.82) is 0 Å². The van der Waals surface area contributed by atoms with Gasteiger partial charge in [-0.15, -0.1) is 0 Å². The highest BCUT2D eigenvalue weighted by molar-refractivity contribution is 5.76. The highest BCUT2D eigenvalue weighted by Gasteiger charge is 2.56. The molecule has 2 atom stereocenters. The van der Waals surface area contributed by atoms with Crippen LogP contribution in [-0.2, 0) is 15.1 Å². The minimum Gasteiger partial charge on any atom is -0.454 e. The van der Waals surface area contributed by atoms with Crippen molar-refractivity contribution in [2.24, 2.45) is 5.92 Å². The van der Waals surface area contributed by atoms with Gasteiger partial charge in [0.2, 0.25) is 0 Å². The van der Waals surface area contributed by atoms with Gasteiger partial charge in [-0.05, 0) is 12.5 Å². The molecule has 0 aliphatic carbocycles. The van der Waals surface area contributed by atoms with Crippen molar-refractivity contribution >= 4 is 5.97 Å². The van der Waals surface area contributed by atoms with E-state index < -0.39 is 23.7 Å². The summed E-state index contributed by atoms with van der Waals surface area (Å²) in [6.07, 6.45) is -4.90. The van der Waals surface area contributed by atoms with Crippen molar-refractivity contribution < 1.29 is 22.7 Å². The molecule has 2 rings (SSSR count). The van der Waals surface area contributed by atoms with Gasteiger partial charge in [-0.3, -0.25) is 4.79 Å². The van der Waals surface area contributed by atoms with Crippen LogP contribution in [0.25, 0.3) is 0 Å². The summed E-state index contributed by atoms with van der Waals surface area (Å²) in [7, 11) is 0. The lowest BCUT2D eigenvalue weighted by Crippen LogP contribution is -2.27. The van der Waals surface area contributed by atoms with Crippen LogP contribution in [0, 0.1) is 5.92 Å². The zero-order valence-corrected chi connectivity index (χ0v) is 9.12. The molecule has 2 nitrogen and oxygen atoms in total. The minimum atomic E-state index is -4.54. The molecule has 2 unspecified atom stereocenters. The van der Waals surface area contributed by atoms with Crippen LogP contribution < -0.4 is 0 Å². The van der Waals surface area contributed by atoms with Gasteiger partial charge in [0.25, 0.3) is 0 Å². The van der Waals surface area contributed by atoms with Gasteiger partial charge in [-0.1, -0.05) is 30.3 Å². The summed E-state index contributed by atoms with van der Waals surface area (Å²) in [5, 5.41) is 0. The standard InChI is InChI=1S/C12H11F3O2/c1-11(8-5-3-2-4-6-8)7-9(10(16)17-11)12(13,14)15/h2-6,9H,7H2,1H3. The zero-order valence-electron chi connectivity index (χ0n) is 9.12. The summed E-state index contributed by atoms with van der Waals surface area (Å²) in [6.45, 7) is 1.51. The fourth-order valence-electron chi connectivity index (χ4n) is 2.02. The normalized spacial score (nSPS) is 29.2. The van der Waals surface area contributed by atoms with Gasteiger partial charge in [-0.2, -0.15) is 13.2 Å². The molecule has 1 aromatic carbocycles. The quantitative estimate of drug-likeness (QED) is 0.710. The fourth-order valence-corrected chi connectivity index (χ4v) is 2.02. The number of cyclic esters (lactones) is 1. The summed E-state index contributed by atoms with van der Waals surface area (Å²) in [5.74, 6) is -3.21. The molecule has 0 radical (unpaired) electrons. The first-order chi connectivity index (χ1) is 7.83. The fraction of sp³-hybridized carbons (Fsp3) is 0.417. The maximum atomic E-state index is 12.6. The van der Waals surface area contributed by atoms with Gasteiger partial charge < -0.3 is 4.74 Å². The molecule has 0 N–H and O–H groups in total. The van der Waals surface area contributed by atoms with E-state index in [-0.39, 0.29) is 6.42 Å². The van der Waals surface area contributed by atoms with E-state index >= 15 is 0 Å². The van der Waals surface area contributed by atoms with E-state index in [4.69, 9.17) is 4.74 Å². The van der Waals surface area contributed by atoms with Gasteiger partial charge in [0, 0.05) is 6.42 Å². The summed E-state index contributed by atoms with van der Waals surface area (Å²) >= 11 is 0. The molecular formula is C12H11F3O2. The van der Waals surface area contributed by atoms with Crippen LogP contribution in [0.15, 0.2) is 30.3 Å². The van der Waals surface area contributed by atoms with Gasteiger partial charge in [-0.25, -0.2) is 0 Å². The number of hydrogen-bond donors (Lipinski definition) is 0. The third-order valence-electron chi connectivity index (χ3n) is 2.98. The number of esters is 1. The topological polar surface area (TPSA) is 26.3 Å². The number of rotatable bonds is 1. The second-order valence-electron chi connectivity index (χ2n) is 4.32. The molecule has 0 saturated carbocycles. The Labute approximate surface area is 96.4 Å². The second kappa shape index (κ2) is 3.75. The Kier molecular flexibility index (Phi) is 2.64. The Morgan fingerprint density at radius 1 is 1.29 bits per heavy atom. The molecule has 1 aromatic rings. The predicted octanol–water partition coefficient (Wildman–Crippen LogP) is 3.03. The number of carbonyl (C=O) groups is 1. The largest absolute Gasteiger partial charge is 0.454 e. The van der Waals surface area contributed by atoms with Crippen LogP contribution in [0.2, 0.25) is 0 Å². The third kappa shape index (κ3) is 2.14. The molecule has 0 amide bonds. The lowest BCUT2D eigenvalue weighted by molar-refractivity contribution is -0.185. The van der Waals surface area contributed by atoms with Crippen molar-refractivity contribution in [3.05, 3.63) is 35.9 Å². The summed E-state index contributed by atoms with van der Waals surface area (Å²) in [5.41, 5.74) is -0.599. The first-order valence-corrected chi connectivity index (χ1v) is 5.18. The van der Waals surface area contributed by atoms with Crippen molar-refractivity contribution in [3.8, 4) is 0 Å². The van der Waals surface area contributed by atoms with Gasteiger partial charge >= 0.3 is 12.1 Å². The Morgan fingerprint density at radius 2 is 1.88 bits per heavy atom. The number of halogens is 3. The van der Waals surface area contributed by atoms with Crippen LogP contribution in [0.3, 0.4) is 0 Å². The molecule has 1 heterocycles. The van der Waals surface area contributed by atoms with Crippen LogP contribution in [0.1, 0.15) is 18.9 Å². The van der Waals surface area contributed by atoms with E-state index in [0.29, 0.717) is 5.56 Å². The van der Waals surface area contributed by atoms with E-state index in [1.165, 1.54) is 6.92 Å². The first-order valence-electron chi connectivity index (χ1n) is 5.18. The van der Waals surface area contributed by atoms with Crippen LogP contribution in [-0.4, -0.2) is 12.1 Å². The number of alkyl halides is 3. The average Bonchev–Trinajstić information content (AvgIpc) is 2.57. The second-order valence-corrected chi connectivity index (χ2v) is 4.32. The van der Waals surface area contributed by atoms with E-state index in [2.05, 4.69) is 0 Å². The van der Waals surface area contributed by atoms with Gasteiger partial charge in [0.15, 0.2) is 5.92 Å². The van der Waals surface area contributed by atoms with Crippen molar-refractivity contribution in [2.45, 2.75) is 25.1 Å². The number of carbonyl (C=O) groups excluding carboxylic acids is 1. The van der Waals surface area contributed by atoms with E-state index in [9.17, 15) is 18.0 Å². The molecule has 1 fully saturated rings.